The number of rotatable bonds is 4. The largest absolute Gasteiger partial charge is 0.353 e. The van der Waals surface area contributed by atoms with E-state index in [4.69, 9.17) is 5.73 Å². The molecule has 4 amide bonds. The number of nitrogens with one attached hydrogen (secondary N) is 2. The number of carbonyl (C=O) groups is 3. The summed E-state index contributed by atoms with van der Waals surface area (Å²) in [5.41, 5.74) is 5.30. The highest BCUT2D eigenvalue weighted by atomic mass is 16.2. The molecule has 0 unspecified atom stereocenters. The van der Waals surface area contributed by atoms with E-state index < -0.39 is 11.6 Å². The van der Waals surface area contributed by atoms with Gasteiger partial charge in [-0.05, 0) is 12.8 Å². The van der Waals surface area contributed by atoms with E-state index in [1.807, 2.05) is 0 Å². The molecule has 0 atom stereocenters. The van der Waals surface area contributed by atoms with Crippen molar-refractivity contribution in [2.75, 3.05) is 19.6 Å². The van der Waals surface area contributed by atoms with Crippen LogP contribution in [0.25, 0.3) is 0 Å². The number of nitrogens with two attached hydrogens (primary N) is 1. The first-order valence-corrected chi connectivity index (χ1v) is 6.68. The van der Waals surface area contributed by atoms with E-state index in [0.29, 0.717) is 12.8 Å². The Bertz CT molecular complexity index is 374. The molecule has 1 aliphatic carbocycles. The summed E-state index contributed by atoms with van der Waals surface area (Å²) in [7, 11) is 0. The third-order valence-corrected chi connectivity index (χ3v) is 3.76. The number of hydrogen-bond donors (Lipinski definition) is 3. The highest BCUT2D eigenvalue weighted by Crippen LogP contribution is 2.25. The van der Waals surface area contributed by atoms with Crippen LogP contribution in [0.4, 0.5) is 4.79 Å². The van der Waals surface area contributed by atoms with Crippen molar-refractivity contribution in [1.82, 2.24) is 15.5 Å². The fourth-order valence-electron chi connectivity index (χ4n) is 2.55. The van der Waals surface area contributed by atoms with E-state index in [1.165, 1.54) is 0 Å². The second-order valence-electron chi connectivity index (χ2n) is 5.18. The Morgan fingerprint density at radius 2 is 2.00 bits per heavy atom. The summed E-state index contributed by atoms with van der Waals surface area (Å²) in [6, 6.07) is -0.403. The minimum atomic E-state index is -0.782. The summed E-state index contributed by atoms with van der Waals surface area (Å²) in [4.78, 5) is 35.7. The van der Waals surface area contributed by atoms with Gasteiger partial charge in [-0.2, -0.15) is 0 Å². The van der Waals surface area contributed by atoms with Crippen LogP contribution >= 0.6 is 0 Å². The number of carbonyl (C=O) groups excluding carboxylic acids is 3. The summed E-state index contributed by atoms with van der Waals surface area (Å²) >= 11 is 0. The smallest absolute Gasteiger partial charge is 0.324 e. The normalized spacial score (nSPS) is 22.3. The molecule has 0 aromatic rings. The average molecular weight is 268 g/mol. The Hall–Kier alpha value is -1.63. The highest BCUT2D eigenvalue weighted by Gasteiger charge is 2.35. The molecule has 1 saturated heterocycles. The minimum Gasteiger partial charge on any atom is -0.353 e. The summed E-state index contributed by atoms with van der Waals surface area (Å²) in [6.07, 6.45) is 4.45. The first-order valence-electron chi connectivity index (χ1n) is 6.68. The second kappa shape index (κ2) is 5.56. The van der Waals surface area contributed by atoms with Crippen molar-refractivity contribution in [2.24, 2.45) is 5.73 Å². The van der Waals surface area contributed by atoms with Gasteiger partial charge in [-0.15, -0.1) is 0 Å². The van der Waals surface area contributed by atoms with E-state index in [2.05, 4.69) is 10.6 Å². The van der Waals surface area contributed by atoms with Gasteiger partial charge in [0.1, 0.15) is 0 Å². The summed E-state index contributed by atoms with van der Waals surface area (Å²) in [5.74, 6) is -0.446. The zero-order chi connectivity index (χ0) is 13.9. The molecular formula is C12H20N4O3. The Labute approximate surface area is 111 Å². The minimum absolute atomic E-state index is 0.0353. The van der Waals surface area contributed by atoms with Crippen LogP contribution in [-0.2, 0) is 9.59 Å². The number of imide groups is 1. The molecule has 2 rings (SSSR count). The standard InChI is InChI=1S/C12H20N4O3/c13-12(4-2-1-3-5-12)10(18)14-6-7-16-9(17)8-15-11(16)19/h1-8,13H2,(H,14,18)(H,15,19). The molecule has 0 aromatic carbocycles. The van der Waals surface area contributed by atoms with Gasteiger partial charge < -0.3 is 16.4 Å². The molecule has 7 nitrogen and oxygen atoms in total. The Kier molecular flexibility index (Phi) is 4.04. The van der Waals surface area contributed by atoms with Crippen molar-refractivity contribution in [1.29, 1.82) is 0 Å². The number of nitrogens with zero attached hydrogens (tertiary/aromatic N) is 1. The van der Waals surface area contributed by atoms with Crippen molar-refractivity contribution < 1.29 is 14.4 Å². The summed E-state index contributed by atoms with van der Waals surface area (Å²) in [6.45, 7) is 0.469. The predicted octanol–water partition coefficient (Wildman–Crippen LogP) is -0.684. The molecule has 4 N–H and O–H groups in total. The van der Waals surface area contributed by atoms with Crippen molar-refractivity contribution >= 4 is 17.8 Å². The second-order valence-corrected chi connectivity index (χ2v) is 5.18. The molecule has 19 heavy (non-hydrogen) atoms. The maximum absolute atomic E-state index is 12.0. The monoisotopic (exact) mass is 268 g/mol. The van der Waals surface area contributed by atoms with Crippen LogP contribution in [0.2, 0.25) is 0 Å². The maximum atomic E-state index is 12.0. The molecule has 2 fully saturated rings. The predicted molar refractivity (Wildman–Crippen MR) is 68.1 cm³/mol. The van der Waals surface area contributed by atoms with E-state index in [-0.39, 0.29) is 31.4 Å². The molecule has 0 bridgehead atoms. The Morgan fingerprint density at radius 1 is 1.32 bits per heavy atom. The van der Waals surface area contributed by atoms with E-state index in [9.17, 15) is 14.4 Å². The molecule has 0 spiro atoms. The Balaban J connectivity index is 1.77. The van der Waals surface area contributed by atoms with Crippen LogP contribution in [-0.4, -0.2) is 47.9 Å². The van der Waals surface area contributed by atoms with Gasteiger partial charge >= 0.3 is 6.03 Å². The lowest BCUT2D eigenvalue weighted by molar-refractivity contribution is -0.128. The lowest BCUT2D eigenvalue weighted by Crippen LogP contribution is -2.56. The molecule has 1 saturated carbocycles. The van der Waals surface area contributed by atoms with Gasteiger partial charge in [0, 0.05) is 13.1 Å². The van der Waals surface area contributed by atoms with Crippen molar-refractivity contribution in [3.63, 3.8) is 0 Å². The van der Waals surface area contributed by atoms with Gasteiger partial charge in [0.05, 0.1) is 12.1 Å². The van der Waals surface area contributed by atoms with Gasteiger partial charge in [0.2, 0.25) is 11.8 Å². The first-order chi connectivity index (χ1) is 9.03. The molecule has 0 aromatic heterocycles. The van der Waals surface area contributed by atoms with E-state index in [1.54, 1.807) is 0 Å². The topological polar surface area (TPSA) is 105 Å². The van der Waals surface area contributed by atoms with Crippen LogP contribution in [0, 0.1) is 0 Å². The number of amides is 4. The first kappa shape index (κ1) is 13.8. The number of hydrogen-bond acceptors (Lipinski definition) is 4. The molecular weight excluding hydrogens is 248 g/mol. The van der Waals surface area contributed by atoms with Crippen LogP contribution < -0.4 is 16.4 Å². The van der Waals surface area contributed by atoms with Gasteiger partial charge in [-0.3, -0.25) is 14.5 Å². The third-order valence-electron chi connectivity index (χ3n) is 3.76. The zero-order valence-corrected chi connectivity index (χ0v) is 10.9. The molecule has 1 aliphatic heterocycles. The maximum Gasteiger partial charge on any atom is 0.324 e. The van der Waals surface area contributed by atoms with E-state index >= 15 is 0 Å². The fourth-order valence-corrected chi connectivity index (χ4v) is 2.55. The number of urea groups is 1. The van der Waals surface area contributed by atoms with E-state index in [0.717, 1.165) is 24.2 Å². The van der Waals surface area contributed by atoms with Crippen LogP contribution in [0.15, 0.2) is 0 Å². The van der Waals surface area contributed by atoms with Gasteiger partial charge in [-0.1, -0.05) is 19.3 Å². The van der Waals surface area contributed by atoms with Crippen LogP contribution in [0.5, 0.6) is 0 Å². The SMILES string of the molecule is NC1(C(=O)NCCN2C(=O)CNC2=O)CCCCC1. The van der Waals surface area contributed by atoms with Crippen LogP contribution in [0.3, 0.4) is 0 Å². The lowest BCUT2D eigenvalue weighted by atomic mass is 9.82. The fraction of sp³-hybridized carbons (Fsp3) is 0.750. The average Bonchev–Trinajstić information content (AvgIpc) is 2.71. The van der Waals surface area contributed by atoms with Crippen LogP contribution in [0.1, 0.15) is 32.1 Å². The third kappa shape index (κ3) is 3.04. The zero-order valence-electron chi connectivity index (χ0n) is 10.9. The Morgan fingerprint density at radius 3 is 2.58 bits per heavy atom. The molecule has 0 radical (unpaired) electrons. The van der Waals surface area contributed by atoms with Gasteiger partial charge in [0.25, 0.3) is 0 Å². The van der Waals surface area contributed by atoms with Crippen molar-refractivity contribution in [3.05, 3.63) is 0 Å². The van der Waals surface area contributed by atoms with Crippen molar-refractivity contribution in [3.8, 4) is 0 Å². The molecule has 2 aliphatic rings. The van der Waals surface area contributed by atoms with Gasteiger partial charge in [0.15, 0.2) is 0 Å². The highest BCUT2D eigenvalue weighted by molar-refractivity contribution is 6.02. The van der Waals surface area contributed by atoms with Crippen molar-refractivity contribution in [2.45, 2.75) is 37.6 Å². The molecule has 7 heteroatoms. The lowest BCUT2D eigenvalue weighted by Gasteiger charge is -2.31. The molecule has 106 valence electrons. The summed E-state index contributed by atoms with van der Waals surface area (Å²) in [5, 5.41) is 5.15. The summed E-state index contributed by atoms with van der Waals surface area (Å²) < 4.78 is 0. The quantitative estimate of drug-likeness (QED) is 0.587. The molecule has 1 heterocycles. The van der Waals surface area contributed by atoms with Gasteiger partial charge in [-0.25, -0.2) is 4.79 Å².